The SMILES string of the molecule is CCCn1nc(C(=O)N2CCN(CC(=O)Nc3ccccc3Cl)CC2)ccc1=O. The Morgan fingerprint density at radius 2 is 1.83 bits per heavy atom. The van der Waals surface area contributed by atoms with Crippen molar-refractivity contribution in [3.63, 3.8) is 0 Å². The minimum Gasteiger partial charge on any atom is -0.335 e. The van der Waals surface area contributed by atoms with Gasteiger partial charge < -0.3 is 10.2 Å². The third-order valence-corrected chi connectivity index (χ3v) is 5.03. The number of piperazine rings is 1. The minimum atomic E-state index is -0.210. The van der Waals surface area contributed by atoms with E-state index in [0.29, 0.717) is 43.4 Å². The van der Waals surface area contributed by atoms with Gasteiger partial charge in [-0.05, 0) is 24.6 Å². The summed E-state index contributed by atoms with van der Waals surface area (Å²) in [7, 11) is 0. The molecular weight excluding hydrogens is 394 g/mol. The number of hydrogen-bond acceptors (Lipinski definition) is 5. The van der Waals surface area contributed by atoms with E-state index in [2.05, 4.69) is 10.4 Å². The second-order valence-corrected chi connectivity index (χ2v) is 7.28. The summed E-state index contributed by atoms with van der Waals surface area (Å²) in [5.74, 6) is -0.346. The largest absolute Gasteiger partial charge is 0.335 e. The van der Waals surface area contributed by atoms with Crippen molar-refractivity contribution >= 4 is 29.1 Å². The molecular formula is C20H24ClN5O3. The molecule has 1 fully saturated rings. The number of halogens is 1. The summed E-state index contributed by atoms with van der Waals surface area (Å²) >= 11 is 6.06. The monoisotopic (exact) mass is 417 g/mol. The minimum absolute atomic E-state index is 0.147. The number of nitrogens with zero attached hydrogens (tertiary/aromatic N) is 4. The van der Waals surface area contributed by atoms with Crippen LogP contribution in [-0.2, 0) is 11.3 Å². The predicted molar refractivity (Wildman–Crippen MR) is 111 cm³/mol. The van der Waals surface area contributed by atoms with Gasteiger partial charge in [0.25, 0.3) is 11.5 Å². The number of rotatable bonds is 6. The number of aryl methyl sites for hydroxylation is 1. The maximum absolute atomic E-state index is 12.7. The number of aromatic nitrogens is 2. The van der Waals surface area contributed by atoms with Gasteiger partial charge in [-0.25, -0.2) is 4.68 Å². The van der Waals surface area contributed by atoms with E-state index < -0.39 is 0 Å². The number of amides is 2. The van der Waals surface area contributed by atoms with Gasteiger partial charge in [0.2, 0.25) is 5.91 Å². The van der Waals surface area contributed by atoms with E-state index in [-0.39, 0.29) is 29.6 Å². The van der Waals surface area contributed by atoms with Gasteiger partial charge in [-0.15, -0.1) is 0 Å². The molecule has 8 nitrogen and oxygen atoms in total. The highest BCUT2D eigenvalue weighted by Gasteiger charge is 2.24. The summed E-state index contributed by atoms with van der Waals surface area (Å²) in [4.78, 5) is 40.4. The van der Waals surface area contributed by atoms with E-state index in [4.69, 9.17) is 11.6 Å². The summed E-state index contributed by atoms with van der Waals surface area (Å²) in [6.07, 6.45) is 0.763. The molecule has 1 aromatic carbocycles. The van der Waals surface area contributed by atoms with Crippen LogP contribution in [0.2, 0.25) is 5.02 Å². The van der Waals surface area contributed by atoms with Crippen LogP contribution in [-0.4, -0.2) is 64.1 Å². The van der Waals surface area contributed by atoms with E-state index in [1.807, 2.05) is 17.9 Å². The molecule has 0 unspecified atom stereocenters. The van der Waals surface area contributed by atoms with Crippen molar-refractivity contribution in [2.24, 2.45) is 0 Å². The Labute approximate surface area is 174 Å². The predicted octanol–water partition coefficient (Wildman–Crippen LogP) is 1.70. The number of nitrogens with one attached hydrogen (secondary N) is 1. The summed E-state index contributed by atoms with van der Waals surface area (Å²) in [6.45, 7) is 4.80. The van der Waals surface area contributed by atoms with Gasteiger partial charge in [0.15, 0.2) is 0 Å². The Hall–Kier alpha value is -2.71. The molecule has 2 aromatic rings. The van der Waals surface area contributed by atoms with Crippen molar-refractivity contribution in [1.82, 2.24) is 19.6 Å². The van der Waals surface area contributed by atoms with Crippen molar-refractivity contribution in [1.29, 1.82) is 0 Å². The molecule has 2 heterocycles. The zero-order valence-corrected chi connectivity index (χ0v) is 17.1. The molecule has 0 aliphatic carbocycles. The zero-order valence-electron chi connectivity index (χ0n) is 16.3. The van der Waals surface area contributed by atoms with Crippen LogP contribution in [0.3, 0.4) is 0 Å². The Bertz CT molecular complexity index is 938. The molecule has 2 amide bonds. The Morgan fingerprint density at radius 3 is 2.52 bits per heavy atom. The summed E-state index contributed by atoms with van der Waals surface area (Å²) in [6, 6.07) is 9.94. The molecule has 1 aliphatic rings. The summed E-state index contributed by atoms with van der Waals surface area (Å²) < 4.78 is 1.32. The Morgan fingerprint density at radius 1 is 1.10 bits per heavy atom. The normalized spacial score (nSPS) is 14.6. The fraction of sp³-hybridized carbons (Fsp3) is 0.400. The first kappa shape index (κ1) is 21.0. The van der Waals surface area contributed by atoms with Crippen molar-refractivity contribution in [2.75, 3.05) is 38.0 Å². The molecule has 0 atom stereocenters. The third kappa shape index (κ3) is 5.42. The lowest BCUT2D eigenvalue weighted by molar-refractivity contribution is -0.117. The molecule has 0 spiro atoms. The lowest BCUT2D eigenvalue weighted by Gasteiger charge is -2.34. The van der Waals surface area contributed by atoms with Crippen molar-refractivity contribution in [3.05, 3.63) is 57.5 Å². The molecule has 154 valence electrons. The quantitative estimate of drug-likeness (QED) is 0.773. The fourth-order valence-corrected chi connectivity index (χ4v) is 3.34. The zero-order chi connectivity index (χ0) is 20.8. The number of para-hydroxylation sites is 1. The lowest BCUT2D eigenvalue weighted by Crippen LogP contribution is -2.50. The molecule has 3 rings (SSSR count). The second-order valence-electron chi connectivity index (χ2n) is 6.88. The molecule has 1 N–H and O–H groups in total. The highest BCUT2D eigenvalue weighted by Crippen LogP contribution is 2.20. The second kappa shape index (κ2) is 9.67. The first-order valence-corrected chi connectivity index (χ1v) is 10.00. The molecule has 9 heteroatoms. The lowest BCUT2D eigenvalue weighted by atomic mass is 10.2. The first-order chi connectivity index (χ1) is 14.0. The maximum Gasteiger partial charge on any atom is 0.274 e. The van der Waals surface area contributed by atoms with E-state index >= 15 is 0 Å². The molecule has 0 radical (unpaired) electrons. The average molecular weight is 418 g/mol. The van der Waals surface area contributed by atoms with E-state index in [1.165, 1.54) is 16.8 Å². The van der Waals surface area contributed by atoms with Crippen LogP contribution in [0, 0.1) is 0 Å². The number of benzene rings is 1. The summed E-state index contributed by atoms with van der Waals surface area (Å²) in [5.41, 5.74) is 0.641. The van der Waals surface area contributed by atoms with E-state index in [0.717, 1.165) is 6.42 Å². The number of carbonyl (C=O) groups excluding carboxylic acids is 2. The Balaban J connectivity index is 1.53. The molecule has 1 aromatic heterocycles. The van der Waals surface area contributed by atoms with Gasteiger partial charge in [-0.1, -0.05) is 30.7 Å². The molecule has 29 heavy (non-hydrogen) atoms. The number of carbonyl (C=O) groups is 2. The van der Waals surface area contributed by atoms with Crippen LogP contribution in [0.1, 0.15) is 23.8 Å². The standard InChI is InChI=1S/C20H24ClN5O3/c1-2-9-26-19(28)8-7-17(23-26)20(29)25-12-10-24(11-13-25)14-18(27)22-16-6-4-3-5-15(16)21/h3-8H,2,9-14H2,1H3,(H,22,27). The third-order valence-electron chi connectivity index (χ3n) is 4.70. The molecule has 0 bridgehead atoms. The highest BCUT2D eigenvalue weighted by atomic mass is 35.5. The van der Waals surface area contributed by atoms with Gasteiger partial charge in [0.05, 0.1) is 17.3 Å². The van der Waals surface area contributed by atoms with Crippen LogP contribution >= 0.6 is 11.6 Å². The molecule has 1 aliphatic heterocycles. The van der Waals surface area contributed by atoms with Gasteiger partial charge in [-0.2, -0.15) is 5.10 Å². The summed E-state index contributed by atoms with van der Waals surface area (Å²) in [5, 5.41) is 7.48. The molecule has 1 saturated heterocycles. The van der Waals surface area contributed by atoms with Gasteiger partial charge >= 0.3 is 0 Å². The van der Waals surface area contributed by atoms with Gasteiger partial charge in [-0.3, -0.25) is 19.3 Å². The van der Waals surface area contributed by atoms with Crippen LogP contribution in [0.15, 0.2) is 41.2 Å². The van der Waals surface area contributed by atoms with Crippen molar-refractivity contribution in [2.45, 2.75) is 19.9 Å². The average Bonchev–Trinajstić information content (AvgIpc) is 2.71. The van der Waals surface area contributed by atoms with E-state index in [1.54, 1.807) is 23.1 Å². The highest BCUT2D eigenvalue weighted by molar-refractivity contribution is 6.33. The number of anilines is 1. The number of hydrogen-bond donors (Lipinski definition) is 1. The smallest absolute Gasteiger partial charge is 0.274 e. The maximum atomic E-state index is 12.7. The Kier molecular flexibility index (Phi) is 7.00. The van der Waals surface area contributed by atoms with Crippen LogP contribution in [0.25, 0.3) is 0 Å². The van der Waals surface area contributed by atoms with Gasteiger partial charge in [0, 0.05) is 38.8 Å². The van der Waals surface area contributed by atoms with Gasteiger partial charge in [0.1, 0.15) is 5.69 Å². The van der Waals surface area contributed by atoms with Crippen molar-refractivity contribution < 1.29 is 9.59 Å². The van der Waals surface area contributed by atoms with Crippen molar-refractivity contribution in [3.8, 4) is 0 Å². The topological polar surface area (TPSA) is 87.5 Å². The van der Waals surface area contributed by atoms with Crippen LogP contribution < -0.4 is 10.9 Å². The van der Waals surface area contributed by atoms with Crippen LogP contribution in [0.4, 0.5) is 5.69 Å². The van der Waals surface area contributed by atoms with Crippen LogP contribution in [0.5, 0.6) is 0 Å². The molecule has 0 saturated carbocycles. The fourth-order valence-electron chi connectivity index (χ4n) is 3.16. The van der Waals surface area contributed by atoms with E-state index in [9.17, 15) is 14.4 Å². The first-order valence-electron chi connectivity index (χ1n) is 9.62.